The molecule has 1 aromatic carbocycles. The molecule has 2 aromatic rings. The van der Waals surface area contributed by atoms with Crippen LogP contribution in [0.5, 0.6) is 0 Å². The van der Waals surface area contributed by atoms with E-state index in [1.165, 1.54) is 0 Å². The van der Waals surface area contributed by atoms with Crippen LogP contribution in [0.3, 0.4) is 0 Å². The molecular weight excluding hydrogens is 277 g/mol. The topological polar surface area (TPSA) is 30.7 Å². The van der Waals surface area contributed by atoms with E-state index in [4.69, 9.17) is 11.6 Å². The number of halogens is 2. The van der Waals surface area contributed by atoms with Crippen molar-refractivity contribution in [1.82, 2.24) is 14.8 Å². The summed E-state index contributed by atoms with van der Waals surface area (Å²) < 4.78 is 2.91. The van der Waals surface area contributed by atoms with Gasteiger partial charge in [0.05, 0.1) is 0 Å². The molecule has 0 radical (unpaired) electrons. The maximum atomic E-state index is 5.88. The van der Waals surface area contributed by atoms with Gasteiger partial charge in [0, 0.05) is 21.6 Å². The lowest BCUT2D eigenvalue weighted by atomic mass is 10.2. The van der Waals surface area contributed by atoms with Crippen molar-refractivity contribution in [2.24, 2.45) is 0 Å². The van der Waals surface area contributed by atoms with E-state index in [1.54, 1.807) is 6.33 Å². The van der Waals surface area contributed by atoms with Crippen LogP contribution < -0.4 is 0 Å². The van der Waals surface area contributed by atoms with Gasteiger partial charge in [-0.25, -0.2) is 0 Å². The molecule has 15 heavy (non-hydrogen) atoms. The van der Waals surface area contributed by atoms with Crippen LogP contribution in [0.2, 0.25) is 5.02 Å². The van der Waals surface area contributed by atoms with Gasteiger partial charge in [0.2, 0.25) is 0 Å². The summed E-state index contributed by atoms with van der Waals surface area (Å²) in [4.78, 5) is 0. The van der Waals surface area contributed by atoms with Gasteiger partial charge in [0.25, 0.3) is 0 Å². The fourth-order valence-electron chi connectivity index (χ4n) is 1.37. The molecule has 0 spiro atoms. The predicted molar refractivity (Wildman–Crippen MR) is 63.8 cm³/mol. The third-order valence-electron chi connectivity index (χ3n) is 2.13. The molecule has 0 saturated carbocycles. The zero-order valence-electron chi connectivity index (χ0n) is 8.11. The van der Waals surface area contributed by atoms with Gasteiger partial charge < -0.3 is 4.57 Å². The number of aryl methyl sites for hydroxylation is 1. The molecule has 0 amide bonds. The van der Waals surface area contributed by atoms with Crippen LogP contribution in [0.25, 0.3) is 11.4 Å². The number of rotatable bonds is 2. The highest BCUT2D eigenvalue weighted by atomic mass is 79.9. The smallest absolute Gasteiger partial charge is 0.164 e. The molecule has 2 rings (SSSR count). The number of hydrogen-bond acceptors (Lipinski definition) is 2. The number of hydrogen-bond donors (Lipinski definition) is 0. The summed E-state index contributed by atoms with van der Waals surface area (Å²) in [6.45, 7) is 2.90. The molecule has 0 bridgehead atoms. The second-order valence-corrected chi connectivity index (χ2v) is 4.36. The van der Waals surface area contributed by atoms with Crippen molar-refractivity contribution in [3.05, 3.63) is 34.0 Å². The fraction of sp³-hybridized carbons (Fsp3) is 0.200. The molecule has 0 unspecified atom stereocenters. The van der Waals surface area contributed by atoms with Crippen LogP contribution in [-0.4, -0.2) is 14.8 Å². The summed E-state index contributed by atoms with van der Waals surface area (Å²) in [5, 5.41) is 8.68. The molecule has 1 aromatic heterocycles. The molecule has 0 fully saturated rings. The Kier molecular flexibility index (Phi) is 3.07. The Morgan fingerprint density at radius 3 is 2.93 bits per heavy atom. The molecule has 5 heteroatoms. The molecule has 0 saturated heterocycles. The van der Waals surface area contributed by atoms with Crippen molar-refractivity contribution < 1.29 is 0 Å². The molecule has 78 valence electrons. The summed E-state index contributed by atoms with van der Waals surface area (Å²) in [7, 11) is 0. The van der Waals surface area contributed by atoms with E-state index < -0.39 is 0 Å². The van der Waals surface area contributed by atoms with Crippen molar-refractivity contribution >= 4 is 27.5 Å². The van der Waals surface area contributed by atoms with Crippen molar-refractivity contribution in [3.8, 4) is 11.4 Å². The summed E-state index contributed by atoms with van der Waals surface area (Å²) in [6.07, 6.45) is 1.72. The first-order valence-corrected chi connectivity index (χ1v) is 5.72. The minimum absolute atomic E-state index is 0.702. The number of aromatic nitrogens is 3. The van der Waals surface area contributed by atoms with Crippen LogP contribution in [0.4, 0.5) is 0 Å². The van der Waals surface area contributed by atoms with E-state index >= 15 is 0 Å². The van der Waals surface area contributed by atoms with Gasteiger partial charge in [0.1, 0.15) is 6.33 Å². The van der Waals surface area contributed by atoms with Gasteiger partial charge in [-0.2, -0.15) is 0 Å². The van der Waals surface area contributed by atoms with Gasteiger partial charge in [0.15, 0.2) is 5.82 Å². The Bertz CT molecular complexity index is 481. The molecule has 0 aliphatic carbocycles. The first-order valence-electron chi connectivity index (χ1n) is 4.55. The predicted octanol–water partition coefficient (Wildman–Crippen LogP) is 3.38. The minimum Gasteiger partial charge on any atom is -0.314 e. The average Bonchev–Trinajstić information content (AvgIpc) is 2.65. The Hall–Kier alpha value is -0.870. The van der Waals surface area contributed by atoms with E-state index in [0.29, 0.717) is 5.02 Å². The van der Waals surface area contributed by atoms with Crippen molar-refractivity contribution in [3.63, 3.8) is 0 Å². The third kappa shape index (κ3) is 2.06. The Morgan fingerprint density at radius 2 is 2.27 bits per heavy atom. The molecular formula is C10H9BrClN3. The van der Waals surface area contributed by atoms with E-state index in [0.717, 1.165) is 22.4 Å². The molecule has 0 aliphatic rings. The maximum Gasteiger partial charge on any atom is 0.164 e. The van der Waals surface area contributed by atoms with Crippen LogP contribution in [0.1, 0.15) is 6.92 Å². The zero-order chi connectivity index (χ0) is 10.8. The number of nitrogens with zero attached hydrogens (tertiary/aromatic N) is 3. The molecule has 0 aliphatic heterocycles. The monoisotopic (exact) mass is 285 g/mol. The largest absolute Gasteiger partial charge is 0.314 e. The fourth-order valence-corrected chi connectivity index (χ4v) is 2.23. The standard InChI is InChI=1S/C10H9BrClN3/c1-2-15-6-13-14-10(15)8-4-3-7(12)5-9(8)11/h3-6H,2H2,1H3. The average molecular weight is 287 g/mol. The second kappa shape index (κ2) is 4.33. The van der Waals surface area contributed by atoms with Gasteiger partial charge in [-0.15, -0.1) is 10.2 Å². The van der Waals surface area contributed by atoms with E-state index in [2.05, 4.69) is 33.1 Å². The van der Waals surface area contributed by atoms with Gasteiger partial charge >= 0.3 is 0 Å². The van der Waals surface area contributed by atoms with Crippen LogP contribution in [0.15, 0.2) is 29.0 Å². The molecule has 3 nitrogen and oxygen atoms in total. The first kappa shape index (κ1) is 10.6. The maximum absolute atomic E-state index is 5.88. The quantitative estimate of drug-likeness (QED) is 0.847. The third-order valence-corrected chi connectivity index (χ3v) is 3.02. The van der Waals surface area contributed by atoms with Gasteiger partial charge in [-0.3, -0.25) is 0 Å². The molecule has 1 heterocycles. The lowest BCUT2D eigenvalue weighted by Crippen LogP contribution is -1.96. The van der Waals surface area contributed by atoms with E-state index in [-0.39, 0.29) is 0 Å². The van der Waals surface area contributed by atoms with Gasteiger partial charge in [-0.1, -0.05) is 11.6 Å². The minimum atomic E-state index is 0.702. The van der Waals surface area contributed by atoms with Crippen LogP contribution in [0, 0.1) is 0 Å². The van der Waals surface area contributed by atoms with Crippen molar-refractivity contribution in [2.75, 3.05) is 0 Å². The number of benzene rings is 1. The summed E-state index contributed by atoms with van der Waals surface area (Å²) in [5.74, 6) is 0.848. The summed E-state index contributed by atoms with van der Waals surface area (Å²) in [5.41, 5.74) is 0.999. The summed E-state index contributed by atoms with van der Waals surface area (Å²) in [6, 6.07) is 5.63. The highest BCUT2D eigenvalue weighted by molar-refractivity contribution is 9.10. The normalized spacial score (nSPS) is 10.6. The van der Waals surface area contributed by atoms with Gasteiger partial charge in [-0.05, 0) is 41.1 Å². The Labute approximate surface area is 101 Å². The van der Waals surface area contributed by atoms with Crippen LogP contribution >= 0.6 is 27.5 Å². The van der Waals surface area contributed by atoms with Crippen molar-refractivity contribution in [2.45, 2.75) is 13.5 Å². The van der Waals surface area contributed by atoms with E-state index in [9.17, 15) is 0 Å². The van der Waals surface area contributed by atoms with E-state index in [1.807, 2.05) is 22.8 Å². The lowest BCUT2D eigenvalue weighted by molar-refractivity contribution is 0.766. The Balaban J connectivity index is 2.54. The Morgan fingerprint density at radius 1 is 1.47 bits per heavy atom. The highest BCUT2D eigenvalue weighted by Crippen LogP contribution is 2.29. The SMILES string of the molecule is CCn1cnnc1-c1ccc(Cl)cc1Br. The van der Waals surface area contributed by atoms with Crippen molar-refractivity contribution in [1.29, 1.82) is 0 Å². The molecule has 0 atom stereocenters. The second-order valence-electron chi connectivity index (χ2n) is 3.06. The molecule has 0 N–H and O–H groups in total. The first-order chi connectivity index (χ1) is 7.22. The van der Waals surface area contributed by atoms with Crippen LogP contribution in [-0.2, 0) is 6.54 Å². The summed E-state index contributed by atoms with van der Waals surface area (Å²) >= 11 is 9.35. The highest BCUT2D eigenvalue weighted by Gasteiger charge is 2.09. The zero-order valence-corrected chi connectivity index (χ0v) is 10.5. The lowest BCUT2D eigenvalue weighted by Gasteiger charge is -2.05.